The minimum absolute atomic E-state index is 0.00490. The number of nitrogens with zero attached hydrogens (tertiary/aromatic N) is 1. The summed E-state index contributed by atoms with van der Waals surface area (Å²) in [5, 5.41) is 10.8. The Balaban J connectivity index is 1.22. The molecule has 5 rings (SSSR count). The van der Waals surface area contributed by atoms with Crippen LogP contribution in [0.15, 0.2) is 127 Å². The van der Waals surface area contributed by atoms with Crippen molar-refractivity contribution in [3.8, 4) is 22.6 Å². The Morgan fingerprint density at radius 2 is 1.18 bits per heavy atom. The molecule has 0 aliphatic rings. The molecular weight excluding hydrogens is 506 g/mol. The maximum atomic E-state index is 13.3. The first-order valence-electron chi connectivity index (χ1n) is 12.5. The van der Waals surface area contributed by atoms with Crippen LogP contribution >= 0.6 is 0 Å². The summed E-state index contributed by atoms with van der Waals surface area (Å²) in [6.07, 6.45) is 0. The lowest BCUT2D eigenvalue weighted by molar-refractivity contribution is -0.384. The number of carbonyl (C=O) groups is 2. The molecule has 0 saturated carbocycles. The van der Waals surface area contributed by atoms with Crippen LogP contribution in [0.1, 0.15) is 31.8 Å². The molecular formula is C33H23NO6. The van der Waals surface area contributed by atoms with Crippen molar-refractivity contribution in [2.24, 2.45) is 0 Å². The van der Waals surface area contributed by atoms with Gasteiger partial charge >= 0.3 is 5.97 Å². The molecule has 0 bridgehead atoms. The molecule has 5 aromatic rings. The highest BCUT2D eigenvalue weighted by molar-refractivity contribution is 6.14. The number of ketones is 1. The summed E-state index contributed by atoms with van der Waals surface area (Å²) in [5.41, 5.74) is 3.69. The number of hydrogen-bond acceptors (Lipinski definition) is 6. The standard InChI is InChI=1S/C33H23NO6/c35-32(26-14-12-25(13-15-26)24-6-2-1-3-7-24)30-8-4-5-9-31(30)33(36)39-22-23-10-18-28(19-11-23)40-29-20-16-27(17-21-29)34(37)38/h1-21H,22H2. The second-order valence-electron chi connectivity index (χ2n) is 8.89. The van der Waals surface area contributed by atoms with Gasteiger partial charge in [0.05, 0.1) is 10.5 Å². The van der Waals surface area contributed by atoms with Crippen LogP contribution in [0.2, 0.25) is 0 Å². The normalized spacial score (nSPS) is 10.5. The quantitative estimate of drug-likeness (QED) is 0.0842. The van der Waals surface area contributed by atoms with Crippen LogP contribution in [0.25, 0.3) is 11.1 Å². The molecule has 7 heteroatoms. The highest BCUT2D eigenvalue weighted by Crippen LogP contribution is 2.25. The topological polar surface area (TPSA) is 95.7 Å². The number of benzene rings is 5. The summed E-state index contributed by atoms with van der Waals surface area (Å²) in [6.45, 7) is 0.00490. The summed E-state index contributed by atoms with van der Waals surface area (Å²) in [5.74, 6) is 0.120. The zero-order chi connectivity index (χ0) is 27.9. The predicted molar refractivity (Wildman–Crippen MR) is 150 cm³/mol. The van der Waals surface area contributed by atoms with E-state index in [9.17, 15) is 19.7 Å². The van der Waals surface area contributed by atoms with Crippen LogP contribution in [-0.4, -0.2) is 16.7 Å². The van der Waals surface area contributed by atoms with Crippen LogP contribution in [0.5, 0.6) is 11.5 Å². The molecule has 5 aromatic carbocycles. The van der Waals surface area contributed by atoms with Gasteiger partial charge in [0.1, 0.15) is 18.1 Å². The van der Waals surface area contributed by atoms with E-state index in [1.807, 2.05) is 42.5 Å². The van der Waals surface area contributed by atoms with E-state index in [0.717, 1.165) is 16.7 Å². The lowest BCUT2D eigenvalue weighted by Crippen LogP contribution is -2.12. The molecule has 0 aliphatic heterocycles. The van der Waals surface area contributed by atoms with E-state index < -0.39 is 10.9 Å². The number of ether oxygens (including phenoxy) is 2. The molecule has 0 saturated heterocycles. The fraction of sp³-hybridized carbons (Fsp3) is 0.0303. The van der Waals surface area contributed by atoms with Gasteiger partial charge in [-0.05, 0) is 47.0 Å². The predicted octanol–water partition coefficient (Wildman–Crippen LogP) is 7.64. The number of hydrogen-bond donors (Lipinski definition) is 0. The van der Waals surface area contributed by atoms with E-state index in [0.29, 0.717) is 17.1 Å². The Labute approximate surface area is 230 Å². The first-order valence-corrected chi connectivity index (χ1v) is 12.5. The van der Waals surface area contributed by atoms with E-state index >= 15 is 0 Å². The van der Waals surface area contributed by atoms with Gasteiger partial charge in [-0.2, -0.15) is 0 Å². The van der Waals surface area contributed by atoms with Crippen molar-refractivity contribution in [3.63, 3.8) is 0 Å². The van der Waals surface area contributed by atoms with Crippen LogP contribution in [-0.2, 0) is 11.3 Å². The van der Waals surface area contributed by atoms with E-state index in [2.05, 4.69) is 0 Å². The number of non-ortho nitro benzene ring substituents is 1. The Bertz CT molecular complexity index is 1640. The zero-order valence-electron chi connectivity index (χ0n) is 21.2. The monoisotopic (exact) mass is 529 g/mol. The molecule has 0 heterocycles. The fourth-order valence-electron chi connectivity index (χ4n) is 4.11. The second-order valence-corrected chi connectivity index (χ2v) is 8.89. The Hall–Kier alpha value is -5.56. The van der Waals surface area contributed by atoms with Gasteiger partial charge < -0.3 is 9.47 Å². The average molecular weight is 530 g/mol. The summed E-state index contributed by atoms with van der Waals surface area (Å²) >= 11 is 0. The zero-order valence-corrected chi connectivity index (χ0v) is 21.2. The molecule has 0 aromatic heterocycles. The van der Waals surface area contributed by atoms with Gasteiger partial charge in [-0.15, -0.1) is 0 Å². The summed E-state index contributed by atoms with van der Waals surface area (Å²) < 4.78 is 11.2. The van der Waals surface area contributed by atoms with Gasteiger partial charge in [-0.1, -0.05) is 84.9 Å². The molecule has 0 radical (unpaired) electrons. The van der Waals surface area contributed by atoms with Gasteiger partial charge in [0.15, 0.2) is 5.78 Å². The number of nitro groups is 1. The van der Waals surface area contributed by atoms with E-state index in [-0.39, 0.29) is 29.2 Å². The third-order valence-electron chi connectivity index (χ3n) is 6.22. The smallest absolute Gasteiger partial charge is 0.339 e. The van der Waals surface area contributed by atoms with E-state index in [4.69, 9.17) is 9.47 Å². The van der Waals surface area contributed by atoms with Crippen molar-refractivity contribution in [2.75, 3.05) is 0 Å². The van der Waals surface area contributed by atoms with Gasteiger partial charge in [0, 0.05) is 23.3 Å². The van der Waals surface area contributed by atoms with Crippen LogP contribution in [0.3, 0.4) is 0 Å². The number of esters is 1. The minimum Gasteiger partial charge on any atom is -0.457 e. The maximum absolute atomic E-state index is 13.3. The van der Waals surface area contributed by atoms with Gasteiger partial charge in [-0.25, -0.2) is 4.79 Å². The highest BCUT2D eigenvalue weighted by atomic mass is 16.6. The van der Waals surface area contributed by atoms with Crippen LogP contribution < -0.4 is 4.74 Å². The Morgan fingerprint density at radius 1 is 0.625 bits per heavy atom. The Kier molecular flexibility index (Phi) is 7.74. The van der Waals surface area contributed by atoms with E-state index in [1.165, 1.54) is 24.3 Å². The molecule has 7 nitrogen and oxygen atoms in total. The Morgan fingerprint density at radius 3 is 1.80 bits per heavy atom. The number of rotatable bonds is 9. The molecule has 0 N–H and O–H groups in total. The lowest BCUT2D eigenvalue weighted by Gasteiger charge is -2.10. The fourth-order valence-corrected chi connectivity index (χ4v) is 4.11. The van der Waals surface area contributed by atoms with E-state index in [1.54, 1.807) is 60.7 Å². The largest absolute Gasteiger partial charge is 0.457 e. The molecule has 40 heavy (non-hydrogen) atoms. The summed E-state index contributed by atoms with van der Waals surface area (Å²) in [4.78, 5) is 36.5. The maximum Gasteiger partial charge on any atom is 0.339 e. The molecule has 196 valence electrons. The van der Waals surface area contributed by atoms with Crippen LogP contribution in [0, 0.1) is 10.1 Å². The van der Waals surface area contributed by atoms with Crippen molar-refractivity contribution in [1.29, 1.82) is 0 Å². The highest BCUT2D eigenvalue weighted by Gasteiger charge is 2.19. The molecule has 0 aliphatic carbocycles. The van der Waals surface area contributed by atoms with Crippen molar-refractivity contribution in [2.45, 2.75) is 6.61 Å². The van der Waals surface area contributed by atoms with Gasteiger partial charge in [-0.3, -0.25) is 14.9 Å². The second kappa shape index (κ2) is 11.9. The van der Waals surface area contributed by atoms with Crippen molar-refractivity contribution < 1.29 is 24.0 Å². The van der Waals surface area contributed by atoms with Crippen molar-refractivity contribution in [3.05, 3.63) is 160 Å². The molecule has 0 spiro atoms. The number of carbonyl (C=O) groups excluding carboxylic acids is 2. The third kappa shape index (κ3) is 6.11. The summed E-state index contributed by atoms with van der Waals surface area (Å²) in [6, 6.07) is 36.4. The van der Waals surface area contributed by atoms with Crippen molar-refractivity contribution >= 4 is 17.4 Å². The van der Waals surface area contributed by atoms with Gasteiger partial charge in [0.2, 0.25) is 0 Å². The molecule has 0 fully saturated rings. The molecule has 0 unspecified atom stereocenters. The minimum atomic E-state index is -0.601. The lowest BCUT2D eigenvalue weighted by atomic mass is 9.96. The van der Waals surface area contributed by atoms with Gasteiger partial charge in [0.25, 0.3) is 5.69 Å². The third-order valence-corrected chi connectivity index (χ3v) is 6.22. The van der Waals surface area contributed by atoms with Crippen LogP contribution in [0.4, 0.5) is 5.69 Å². The molecule has 0 atom stereocenters. The SMILES string of the molecule is O=C(OCc1ccc(Oc2ccc([N+](=O)[O-])cc2)cc1)c1ccccc1C(=O)c1ccc(-c2ccccc2)cc1. The summed E-state index contributed by atoms with van der Waals surface area (Å²) in [7, 11) is 0. The average Bonchev–Trinajstić information content (AvgIpc) is 3.01. The van der Waals surface area contributed by atoms with Crippen molar-refractivity contribution in [1.82, 2.24) is 0 Å². The first kappa shape index (κ1) is 26.1. The molecule has 0 amide bonds. The first-order chi connectivity index (χ1) is 19.5. The number of nitro benzene ring substituents is 1.